The Bertz CT molecular complexity index is 680. The molecule has 7 nitrogen and oxygen atoms in total. The lowest BCUT2D eigenvalue weighted by Crippen LogP contribution is -2.54. The zero-order valence-electron chi connectivity index (χ0n) is 10.8. The molecule has 2 rings (SSSR count). The summed E-state index contributed by atoms with van der Waals surface area (Å²) in [6, 6.07) is -0.204. The highest BCUT2D eigenvalue weighted by atomic mass is 32.2. The number of sulfonamides is 1. The van der Waals surface area contributed by atoms with E-state index in [-0.39, 0.29) is 19.8 Å². The van der Waals surface area contributed by atoms with Gasteiger partial charge in [0, 0.05) is 12.6 Å². The van der Waals surface area contributed by atoms with Crippen molar-refractivity contribution in [1.29, 1.82) is 0 Å². The zero-order valence-corrected chi connectivity index (χ0v) is 11.6. The summed E-state index contributed by atoms with van der Waals surface area (Å²) in [4.78, 5) is 10.5. The maximum absolute atomic E-state index is 13.8. The summed E-state index contributed by atoms with van der Waals surface area (Å²) in [7, 11) is -4.40. The van der Waals surface area contributed by atoms with Gasteiger partial charge in [-0.1, -0.05) is 0 Å². The minimum atomic E-state index is -4.40. The molecule has 0 saturated carbocycles. The monoisotopic (exact) mass is 321 g/mol. The van der Waals surface area contributed by atoms with Gasteiger partial charge in [-0.3, -0.25) is 4.79 Å². The molecule has 0 aromatic heterocycles. The summed E-state index contributed by atoms with van der Waals surface area (Å²) in [5.74, 6) is -3.29. The molecule has 1 heterocycles. The van der Waals surface area contributed by atoms with E-state index in [9.17, 15) is 22.0 Å². The molecule has 1 unspecified atom stereocenters. The number of nitrogens with two attached hydrogens (primary N) is 2. The van der Waals surface area contributed by atoms with Crippen molar-refractivity contribution in [3.63, 3.8) is 0 Å². The van der Waals surface area contributed by atoms with Crippen LogP contribution in [-0.2, 0) is 19.6 Å². The molecule has 1 aliphatic heterocycles. The van der Waals surface area contributed by atoms with Crippen LogP contribution in [0.4, 0.5) is 14.5 Å². The smallest absolute Gasteiger partial charge is 0.246 e. The van der Waals surface area contributed by atoms with E-state index in [0.717, 1.165) is 4.31 Å². The second-order valence-electron chi connectivity index (χ2n) is 4.41. The van der Waals surface area contributed by atoms with E-state index in [1.165, 1.54) is 0 Å². The van der Waals surface area contributed by atoms with Crippen molar-refractivity contribution in [2.45, 2.75) is 10.9 Å². The highest BCUT2D eigenvalue weighted by Gasteiger charge is 2.38. The third kappa shape index (κ3) is 2.82. The van der Waals surface area contributed by atoms with Crippen molar-refractivity contribution < 1.29 is 26.7 Å². The molecule has 116 valence electrons. The Labute approximate surface area is 119 Å². The molecule has 0 aliphatic carbocycles. The van der Waals surface area contributed by atoms with Crippen molar-refractivity contribution in [2.24, 2.45) is 5.73 Å². The topological polar surface area (TPSA) is 116 Å². The minimum Gasteiger partial charge on any atom is -0.396 e. The van der Waals surface area contributed by atoms with Crippen LogP contribution in [0.5, 0.6) is 0 Å². The summed E-state index contributed by atoms with van der Waals surface area (Å²) in [6.45, 7) is -0.374. The highest BCUT2D eigenvalue weighted by Crippen LogP contribution is 2.26. The predicted molar refractivity (Wildman–Crippen MR) is 68.5 cm³/mol. The summed E-state index contributed by atoms with van der Waals surface area (Å²) in [5, 5.41) is 0. The first-order valence-corrected chi connectivity index (χ1v) is 7.32. The van der Waals surface area contributed by atoms with E-state index in [4.69, 9.17) is 16.2 Å². The Morgan fingerprint density at radius 1 is 1.33 bits per heavy atom. The number of rotatable bonds is 3. The van der Waals surface area contributed by atoms with Crippen LogP contribution in [0.3, 0.4) is 0 Å². The number of hydrogen-bond acceptors (Lipinski definition) is 5. The first-order chi connectivity index (χ1) is 9.75. The zero-order chi connectivity index (χ0) is 15.8. The second-order valence-corrected chi connectivity index (χ2v) is 6.27. The van der Waals surface area contributed by atoms with Gasteiger partial charge in [-0.25, -0.2) is 17.2 Å². The molecule has 1 fully saturated rings. The van der Waals surface area contributed by atoms with Gasteiger partial charge in [0.05, 0.1) is 18.9 Å². The number of amides is 1. The van der Waals surface area contributed by atoms with Gasteiger partial charge in [0.1, 0.15) is 22.6 Å². The fourth-order valence-corrected chi connectivity index (χ4v) is 3.62. The maximum atomic E-state index is 13.8. The maximum Gasteiger partial charge on any atom is 0.246 e. The molecular weight excluding hydrogens is 308 g/mol. The number of nitrogens with zero attached hydrogens (tertiary/aromatic N) is 1. The van der Waals surface area contributed by atoms with Crippen molar-refractivity contribution >= 4 is 21.6 Å². The number of nitrogen functional groups attached to an aromatic ring is 1. The fraction of sp³-hybridized carbons (Fsp3) is 0.364. The fourth-order valence-electron chi connectivity index (χ4n) is 1.97. The number of benzene rings is 1. The number of carbonyl (C=O) groups is 1. The van der Waals surface area contributed by atoms with E-state index >= 15 is 0 Å². The molecule has 4 N–H and O–H groups in total. The van der Waals surface area contributed by atoms with Crippen LogP contribution >= 0.6 is 0 Å². The van der Waals surface area contributed by atoms with Crippen molar-refractivity contribution in [3.05, 3.63) is 23.8 Å². The van der Waals surface area contributed by atoms with Gasteiger partial charge in [0.25, 0.3) is 0 Å². The van der Waals surface area contributed by atoms with Crippen LogP contribution in [0.1, 0.15) is 0 Å². The third-order valence-corrected chi connectivity index (χ3v) is 4.97. The molecule has 1 aromatic rings. The van der Waals surface area contributed by atoms with Gasteiger partial charge in [-0.15, -0.1) is 0 Å². The summed E-state index contributed by atoms with van der Waals surface area (Å²) in [6.07, 6.45) is 0. The number of morpholine rings is 1. The lowest BCUT2D eigenvalue weighted by molar-refractivity contribution is -0.125. The molecule has 1 aliphatic rings. The van der Waals surface area contributed by atoms with E-state index in [1.807, 2.05) is 0 Å². The first-order valence-electron chi connectivity index (χ1n) is 5.88. The predicted octanol–water partition coefficient (Wildman–Crippen LogP) is -0.578. The normalized spacial score (nSPS) is 20.4. The van der Waals surface area contributed by atoms with E-state index < -0.39 is 44.2 Å². The van der Waals surface area contributed by atoms with Crippen LogP contribution in [0.2, 0.25) is 0 Å². The number of primary amides is 1. The molecule has 0 spiro atoms. The van der Waals surface area contributed by atoms with Gasteiger partial charge in [-0.05, 0) is 6.07 Å². The van der Waals surface area contributed by atoms with Gasteiger partial charge in [-0.2, -0.15) is 4.31 Å². The Hall–Kier alpha value is -1.78. The van der Waals surface area contributed by atoms with Gasteiger partial charge >= 0.3 is 0 Å². The van der Waals surface area contributed by atoms with Crippen LogP contribution < -0.4 is 11.5 Å². The molecule has 1 saturated heterocycles. The van der Waals surface area contributed by atoms with Gasteiger partial charge < -0.3 is 16.2 Å². The van der Waals surface area contributed by atoms with Crippen molar-refractivity contribution in [1.82, 2.24) is 4.31 Å². The van der Waals surface area contributed by atoms with Crippen molar-refractivity contribution in [2.75, 3.05) is 25.5 Å². The molecule has 10 heteroatoms. The van der Waals surface area contributed by atoms with E-state index in [1.54, 1.807) is 0 Å². The van der Waals surface area contributed by atoms with E-state index in [2.05, 4.69) is 0 Å². The Kier molecular flexibility index (Phi) is 4.12. The highest BCUT2D eigenvalue weighted by molar-refractivity contribution is 7.89. The Morgan fingerprint density at radius 2 is 2.00 bits per heavy atom. The van der Waals surface area contributed by atoms with Crippen LogP contribution in [0, 0.1) is 11.6 Å². The van der Waals surface area contributed by atoms with Crippen molar-refractivity contribution in [3.8, 4) is 0 Å². The molecule has 1 atom stereocenters. The van der Waals surface area contributed by atoms with Gasteiger partial charge in [0.15, 0.2) is 0 Å². The van der Waals surface area contributed by atoms with Crippen LogP contribution in [0.25, 0.3) is 0 Å². The number of hydrogen-bond donors (Lipinski definition) is 2. The van der Waals surface area contributed by atoms with Crippen LogP contribution in [-0.4, -0.2) is 44.4 Å². The number of ether oxygens (including phenoxy) is 1. The average Bonchev–Trinajstić information content (AvgIpc) is 2.42. The van der Waals surface area contributed by atoms with E-state index in [0.29, 0.717) is 12.1 Å². The second kappa shape index (κ2) is 5.54. The lowest BCUT2D eigenvalue weighted by Gasteiger charge is -2.32. The lowest BCUT2D eigenvalue weighted by atomic mass is 10.3. The summed E-state index contributed by atoms with van der Waals surface area (Å²) in [5.41, 5.74) is 9.88. The van der Waals surface area contributed by atoms with Crippen LogP contribution in [0.15, 0.2) is 17.0 Å². The first kappa shape index (κ1) is 15.6. The Balaban J connectivity index is 2.50. The molecular formula is C11H13F2N3O4S. The average molecular weight is 321 g/mol. The third-order valence-electron chi connectivity index (χ3n) is 3.05. The Morgan fingerprint density at radius 3 is 2.62 bits per heavy atom. The summed E-state index contributed by atoms with van der Waals surface area (Å²) < 4.78 is 57.5. The molecule has 1 aromatic carbocycles. The number of carbonyl (C=O) groups excluding carboxylic acids is 1. The molecule has 1 amide bonds. The SMILES string of the molecule is NC(=O)C1COCCN1S(=O)(=O)c1cc(N)c(F)cc1F. The summed E-state index contributed by atoms with van der Waals surface area (Å²) >= 11 is 0. The van der Waals surface area contributed by atoms with Gasteiger partial charge in [0.2, 0.25) is 15.9 Å². The number of anilines is 1. The number of halogens is 2. The minimum absolute atomic E-state index is 0.0291. The largest absolute Gasteiger partial charge is 0.396 e. The molecule has 0 bridgehead atoms. The standard InChI is InChI=1S/C11H13F2N3O4S/c12-6-3-7(13)10(4-8(6)14)21(18,19)16-1-2-20-5-9(16)11(15)17/h3-4,9H,1-2,5,14H2,(H2,15,17). The quantitative estimate of drug-likeness (QED) is 0.723. The molecule has 21 heavy (non-hydrogen) atoms. The molecule has 0 radical (unpaired) electrons.